The summed E-state index contributed by atoms with van der Waals surface area (Å²) in [5.41, 5.74) is 6.28. The molecule has 0 aliphatic heterocycles. The molecule has 0 saturated carbocycles. The zero-order valence-corrected chi connectivity index (χ0v) is 18.4. The summed E-state index contributed by atoms with van der Waals surface area (Å²) in [4.78, 5) is 12.3. The van der Waals surface area contributed by atoms with Crippen molar-refractivity contribution in [1.82, 2.24) is 29.5 Å². The van der Waals surface area contributed by atoms with Gasteiger partial charge in [0.2, 0.25) is 5.91 Å². The highest BCUT2D eigenvalue weighted by Crippen LogP contribution is 2.26. The number of aromatic nitrogens is 5. The Bertz CT molecular complexity index is 1490. The summed E-state index contributed by atoms with van der Waals surface area (Å²) in [5, 5.41) is 16.1. The van der Waals surface area contributed by atoms with E-state index in [0.717, 1.165) is 22.3 Å². The minimum absolute atomic E-state index is 0.156. The highest BCUT2D eigenvalue weighted by Gasteiger charge is 2.15. The molecule has 0 unspecified atom stereocenters. The van der Waals surface area contributed by atoms with E-state index in [9.17, 15) is 9.18 Å². The number of halogens is 1. The minimum atomic E-state index is -0.327. The predicted molar refractivity (Wildman–Crippen MR) is 123 cm³/mol. The fraction of sp³-hybridized carbons (Fsp3) is 0.200. The highest BCUT2D eigenvalue weighted by molar-refractivity contribution is 5.78. The quantitative estimate of drug-likeness (QED) is 0.430. The number of nitrogens with one attached hydrogen (secondary N) is 1. The van der Waals surface area contributed by atoms with Crippen LogP contribution in [0.4, 0.5) is 4.39 Å². The lowest BCUT2D eigenvalue weighted by atomic mass is 10.0. The van der Waals surface area contributed by atoms with Crippen LogP contribution < -0.4 is 5.32 Å². The summed E-state index contributed by atoms with van der Waals surface area (Å²) in [7, 11) is 0. The normalized spacial score (nSPS) is 11.4. The summed E-state index contributed by atoms with van der Waals surface area (Å²) in [6.45, 7) is 4.29. The van der Waals surface area contributed by atoms with Crippen LogP contribution in [0.3, 0.4) is 0 Å². The third-order valence-electron chi connectivity index (χ3n) is 5.77. The number of amides is 1. The van der Waals surface area contributed by atoms with Crippen molar-refractivity contribution in [3.05, 3.63) is 89.3 Å². The van der Waals surface area contributed by atoms with Gasteiger partial charge in [-0.25, -0.2) is 8.91 Å². The molecule has 33 heavy (non-hydrogen) atoms. The van der Waals surface area contributed by atoms with Crippen LogP contribution in [0.5, 0.6) is 0 Å². The molecule has 0 aliphatic rings. The largest absolute Gasteiger partial charge is 0.352 e. The van der Waals surface area contributed by atoms with Crippen LogP contribution in [0.15, 0.2) is 60.9 Å². The van der Waals surface area contributed by atoms with Gasteiger partial charge in [-0.2, -0.15) is 5.10 Å². The number of carbonyl (C=O) groups excluding carboxylic acids is 1. The number of carbonyl (C=O) groups is 1. The molecule has 166 valence electrons. The maximum absolute atomic E-state index is 13.7. The predicted octanol–water partition coefficient (Wildman–Crippen LogP) is 4.05. The summed E-state index contributed by atoms with van der Waals surface area (Å²) >= 11 is 0. The first kappa shape index (κ1) is 20.8. The minimum Gasteiger partial charge on any atom is -0.352 e. The van der Waals surface area contributed by atoms with Crippen molar-refractivity contribution < 1.29 is 9.18 Å². The molecular formula is C25H23FN6O. The van der Waals surface area contributed by atoms with Crippen molar-refractivity contribution in [2.24, 2.45) is 0 Å². The average Bonchev–Trinajstić information content (AvgIpc) is 3.42. The second-order valence-corrected chi connectivity index (χ2v) is 8.15. The van der Waals surface area contributed by atoms with Crippen LogP contribution in [0, 0.1) is 19.7 Å². The Balaban J connectivity index is 1.34. The van der Waals surface area contributed by atoms with E-state index in [-0.39, 0.29) is 24.7 Å². The van der Waals surface area contributed by atoms with E-state index in [0.29, 0.717) is 23.5 Å². The van der Waals surface area contributed by atoms with Crippen molar-refractivity contribution in [2.75, 3.05) is 0 Å². The van der Waals surface area contributed by atoms with Gasteiger partial charge in [0.1, 0.15) is 17.2 Å². The van der Waals surface area contributed by atoms with E-state index < -0.39 is 0 Å². The lowest BCUT2D eigenvalue weighted by Crippen LogP contribution is -2.23. The smallest absolute Gasteiger partial charge is 0.220 e. The van der Waals surface area contributed by atoms with E-state index >= 15 is 0 Å². The molecule has 7 nitrogen and oxygen atoms in total. The van der Waals surface area contributed by atoms with Crippen molar-refractivity contribution >= 4 is 17.1 Å². The number of hydrogen-bond donors (Lipinski definition) is 1. The van der Waals surface area contributed by atoms with Crippen LogP contribution in [0.25, 0.3) is 22.4 Å². The molecule has 0 radical (unpaired) electrons. The van der Waals surface area contributed by atoms with Crippen molar-refractivity contribution in [3.8, 4) is 11.3 Å². The van der Waals surface area contributed by atoms with Crippen LogP contribution in [-0.4, -0.2) is 30.1 Å². The lowest BCUT2D eigenvalue weighted by molar-refractivity contribution is -0.121. The second kappa shape index (κ2) is 8.46. The summed E-state index contributed by atoms with van der Waals surface area (Å²) in [6.07, 6.45) is 4.36. The Kier molecular flexibility index (Phi) is 5.34. The maximum Gasteiger partial charge on any atom is 0.220 e. The average molecular weight is 442 g/mol. The first-order valence-corrected chi connectivity index (χ1v) is 10.8. The first-order valence-electron chi connectivity index (χ1n) is 10.8. The van der Waals surface area contributed by atoms with Crippen LogP contribution in [-0.2, 0) is 17.8 Å². The molecule has 2 aromatic carbocycles. The lowest BCUT2D eigenvalue weighted by Gasteiger charge is -2.06. The van der Waals surface area contributed by atoms with Gasteiger partial charge in [-0.15, -0.1) is 10.2 Å². The zero-order chi connectivity index (χ0) is 22.9. The van der Waals surface area contributed by atoms with Gasteiger partial charge in [0.15, 0.2) is 5.65 Å². The van der Waals surface area contributed by atoms with Gasteiger partial charge in [-0.05, 0) is 37.6 Å². The number of benzene rings is 2. The maximum atomic E-state index is 13.7. The standard InChI is InChI=1S/C25H23FN6O/c1-16-7-8-17(2)19(13-16)21-14-22-25-29-28-23(31(25)11-12-32(22)30-21)9-10-24(33)27-15-18-5-3-4-6-20(18)26/h3-8,11-14H,9-10,15H2,1-2H3,(H,27,33). The van der Waals surface area contributed by atoms with E-state index in [2.05, 4.69) is 47.6 Å². The molecule has 3 aromatic heterocycles. The molecule has 0 fully saturated rings. The molecule has 0 spiro atoms. The molecule has 8 heteroatoms. The van der Waals surface area contributed by atoms with E-state index in [4.69, 9.17) is 5.10 Å². The molecule has 0 saturated heterocycles. The molecule has 0 aliphatic carbocycles. The number of hydrogen-bond acceptors (Lipinski definition) is 4. The van der Waals surface area contributed by atoms with Crippen molar-refractivity contribution in [2.45, 2.75) is 33.2 Å². The number of nitrogens with zero attached hydrogens (tertiary/aromatic N) is 5. The fourth-order valence-electron chi connectivity index (χ4n) is 3.92. The fourth-order valence-corrected chi connectivity index (χ4v) is 3.92. The van der Waals surface area contributed by atoms with Gasteiger partial charge in [0, 0.05) is 42.9 Å². The van der Waals surface area contributed by atoms with Crippen molar-refractivity contribution in [3.63, 3.8) is 0 Å². The number of fused-ring (bicyclic) bond motifs is 3. The van der Waals surface area contributed by atoms with Crippen LogP contribution in [0.1, 0.15) is 28.9 Å². The summed E-state index contributed by atoms with van der Waals surface area (Å²) in [5.74, 6) is 0.187. The van der Waals surface area contributed by atoms with E-state index in [1.165, 1.54) is 11.6 Å². The molecule has 0 bridgehead atoms. The van der Waals surface area contributed by atoms with Crippen LogP contribution >= 0.6 is 0 Å². The monoisotopic (exact) mass is 442 g/mol. The van der Waals surface area contributed by atoms with Gasteiger partial charge in [0.05, 0.1) is 5.69 Å². The Hall–Kier alpha value is -4.07. The highest BCUT2D eigenvalue weighted by atomic mass is 19.1. The molecular weight excluding hydrogens is 419 g/mol. The van der Waals surface area contributed by atoms with Gasteiger partial charge in [0.25, 0.3) is 0 Å². The van der Waals surface area contributed by atoms with Gasteiger partial charge in [-0.1, -0.05) is 35.9 Å². The molecule has 1 amide bonds. The summed E-state index contributed by atoms with van der Waals surface area (Å²) in [6, 6.07) is 14.7. The molecule has 5 rings (SSSR count). The second-order valence-electron chi connectivity index (χ2n) is 8.15. The third kappa shape index (κ3) is 4.07. The van der Waals surface area contributed by atoms with E-state index in [1.807, 2.05) is 22.9 Å². The topological polar surface area (TPSA) is 76.6 Å². The Morgan fingerprint density at radius 1 is 1.06 bits per heavy atom. The van der Waals surface area contributed by atoms with Gasteiger partial charge >= 0.3 is 0 Å². The molecule has 0 atom stereocenters. The molecule has 1 N–H and O–H groups in total. The Labute approximate surface area is 189 Å². The third-order valence-corrected chi connectivity index (χ3v) is 5.77. The molecule has 5 aromatic rings. The zero-order valence-electron chi connectivity index (χ0n) is 18.4. The number of aryl methyl sites for hydroxylation is 3. The number of rotatable bonds is 6. The SMILES string of the molecule is Cc1ccc(C)c(-c2cc3c4nnc(CCC(=O)NCc5ccccc5F)n4ccn3n2)c1. The first-order chi connectivity index (χ1) is 16.0. The van der Waals surface area contributed by atoms with Gasteiger partial charge in [-0.3, -0.25) is 9.20 Å². The van der Waals surface area contributed by atoms with Crippen molar-refractivity contribution in [1.29, 1.82) is 0 Å². The van der Waals surface area contributed by atoms with Gasteiger partial charge < -0.3 is 5.32 Å². The Morgan fingerprint density at radius 3 is 2.76 bits per heavy atom. The Morgan fingerprint density at radius 2 is 1.91 bits per heavy atom. The van der Waals surface area contributed by atoms with Crippen LogP contribution in [0.2, 0.25) is 0 Å². The molecule has 3 heterocycles. The van der Waals surface area contributed by atoms with E-state index in [1.54, 1.807) is 22.7 Å². The summed E-state index contributed by atoms with van der Waals surface area (Å²) < 4.78 is 17.4.